The highest BCUT2D eigenvalue weighted by molar-refractivity contribution is 9.10. The van der Waals surface area contributed by atoms with Crippen molar-refractivity contribution < 1.29 is 0 Å². The van der Waals surface area contributed by atoms with Gasteiger partial charge in [0, 0.05) is 16.6 Å². The first-order valence-electron chi connectivity index (χ1n) is 4.78. The normalized spacial score (nSPS) is 18.6. The Morgan fingerprint density at radius 3 is 2.69 bits per heavy atom. The lowest BCUT2D eigenvalue weighted by molar-refractivity contribution is 0.569. The molecule has 0 heterocycles. The van der Waals surface area contributed by atoms with Crippen LogP contribution in [0.15, 0.2) is 28.7 Å². The maximum atomic E-state index is 3.58. The zero-order valence-corrected chi connectivity index (χ0v) is 9.34. The number of hydrogen-bond acceptors (Lipinski definition) is 1. The van der Waals surface area contributed by atoms with Gasteiger partial charge in [-0.15, -0.1) is 0 Å². The highest BCUT2D eigenvalue weighted by Crippen LogP contribution is 2.27. The largest absolute Gasteiger partial charge is 0.307 e. The van der Waals surface area contributed by atoms with Crippen LogP contribution in [0.4, 0.5) is 0 Å². The van der Waals surface area contributed by atoms with Gasteiger partial charge >= 0.3 is 0 Å². The number of rotatable bonds is 3. The van der Waals surface area contributed by atoms with Gasteiger partial charge in [-0.2, -0.15) is 0 Å². The van der Waals surface area contributed by atoms with Crippen molar-refractivity contribution in [3.05, 3.63) is 34.3 Å². The SMILES string of the molecule is C[C@H](NC1CC1)c1ccccc1Br. The van der Waals surface area contributed by atoms with Gasteiger partial charge in [-0.3, -0.25) is 0 Å². The van der Waals surface area contributed by atoms with Crippen LogP contribution in [0.1, 0.15) is 31.4 Å². The second kappa shape index (κ2) is 3.81. The Kier molecular flexibility index (Phi) is 2.70. The summed E-state index contributed by atoms with van der Waals surface area (Å²) in [6.07, 6.45) is 2.68. The molecule has 1 aromatic carbocycles. The van der Waals surface area contributed by atoms with Crippen LogP contribution in [0.25, 0.3) is 0 Å². The summed E-state index contributed by atoms with van der Waals surface area (Å²) < 4.78 is 1.20. The van der Waals surface area contributed by atoms with E-state index in [0.717, 1.165) is 6.04 Å². The lowest BCUT2D eigenvalue weighted by atomic mass is 10.1. The first kappa shape index (κ1) is 9.22. The zero-order valence-electron chi connectivity index (χ0n) is 7.76. The molecule has 1 N–H and O–H groups in total. The molecular formula is C11H14BrN. The summed E-state index contributed by atoms with van der Waals surface area (Å²) in [6.45, 7) is 2.22. The van der Waals surface area contributed by atoms with Crippen LogP contribution in [0, 0.1) is 0 Å². The van der Waals surface area contributed by atoms with Crippen LogP contribution in [-0.4, -0.2) is 6.04 Å². The Morgan fingerprint density at radius 1 is 1.38 bits per heavy atom. The van der Waals surface area contributed by atoms with E-state index in [-0.39, 0.29) is 0 Å². The lowest BCUT2D eigenvalue weighted by Crippen LogP contribution is -2.20. The minimum absolute atomic E-state index is 0.461. The Morgan fingerprint density at radius 2 is 2.08 bits per heavy atom. The van der Waals surface area contributed by atoms with E-state index < -0.39 is 0 Å². The van der Waals surface area contributed by atoms with Crippen LogP contribution in [0.2, 0.25) is 0 Å². The van der Waals surface area contributed by atoms with Gasteiger partial charge in [-0.25, -0.2) is 0 Å². The first-order valence-corrected chi connectivity index (χ1v) is 5.57. The molecule has 0 saturated heterocycles. The third-order valence-corrected chi connectivity index (χ3v) is 3.16. The molecule has 1 saturated carbocycles. The van der Waals surface area contributed by atoms with Gasteiger partial charge in [0.15, 0.2) is 0 Å². The van der Waals surface area contributed by atoms with Crippen molar-refractivity contribution in [3.63, 3.8) is 0 Å². The van der Waals surface area contributed by atoms with E-state index in [4.69, 9.17) is 0 Å². The summed E-state index contributed by atoms with van der Waals surface area (Å²) >= 11 is 3.57. The summed E-state index contributed by atoms with van der Waals surface area (Å²) in [5, 5.41) is 3.58. The fourth-order valence-corrected chi connectivity index (χ4v) is 2.15. The molecule has 0 radical (unpaired) electrons. The third-order valence-electron chi connectivity index (χ3n) is 2.43. The molecule has 0 aliphatic heterocycles. The number of hydrogen-bond donors (Lipinski definition) is 1. The molecule has 1 nitrogen and oxygen atoms in total. The van der Waals surface area contributed by atoms with E-state index in [1.54, 1.807) is 0 Å². The Labute approximate surface area is 87.7 Å². The Balaban J connectivity index is 2.09. The van der Waals surface area contributed by atoms with E-state index in [1.165, 1.54) is 22.9 Å². The zero-order chi connectivity index (χ0) is 9.26. The smallest absolute Gasteiger partial charge is 0.0305 e. The fraction of sp³-hybridized carbons (Fsp3) is 0.455. The molecule has 0 bridgehead atoms. The third kappa shape index (κ3) is 2.32. The van der Waals surface area contributed by atoms with Crippen LogP contribution in [-0.2, 0) is 0 Å². The van der Waals surface area contributed by atoms with Crippen molar-refractivity contribution in [2.45, 2.75) is 31.8 Å². The van der Waals surface area contributed by atoms with Crippen LogP contribution < -0.4 is 5.32 Å². The summed E-state index contributed by atoms with van der Waals surface area (Å²) in [7, 11) is 0. The van der Waals surface area contributed by atoms with Crippen molar-refractivity contribution in [1.29, 1.82) is 0 Å². The average molecular weight is 240 g/mol. The molecule has 70 valence electrons. The van der Waals surface area contributed by atoms with E-state index in [1.807, 2.05) is 0 Å². The van der Waals surface area contributed by atoms with Gasteiger partial charge in [0.25, 0.3) is 0 Å². The van der Waals surface area contributed by atoms with Gasteiger partial charge in [-0.1, -0.05) is 34.1 Å². The molecule has 2 rings (SSSR count). The second-order valence-corrected chi connectivity index (χ2v) is 4.54. The van der Waals surface area contributed by atoms with Crippen molar-refractivity contribution in [2.24, 2.45) is 0 Å². The highest BCUT2D eigenvalue weighted by Gasteiger charge is 2.23. The Hall–Kier alpha value is -0.340. The number of halogens is 1. The van der Waals surface area contributed by atoms with E-state index in [2.05, 4.69) is 52.4 Å². The number of benzene rings is 1. The first-order chi connectivity index (χ1) is 6.27. The molecule has 1 aliphatic carbocycles. The maximum absolute atomic E-state index is 3.58. The summed E-state index contributed by atoms with van der Waals surface area (Å²) in [5.74, 6) is 0. The monoisotopic (exact) mass is 239 g/mol. The van der Waals surface area contributed by atoms with E-state index in [0.29, 0.717) is 6.04 Å². The lowest BCUT2D eigenvalue weighted by Gasteiger charge is -2.14. The molecule has 1 aliphatic rings. The molecule has 13 heavy (non-hydrogen) atoms. The summed E-state index contributed by atoms with van der Waals surface area (Å²) in [6, 6.07) is 9.64. The van der Waals surface area contributed by atoms with Crippen molar-refractivity contribution in [1.82, 2.24) is 5.32 Å². The molecule has 0 unspecified atom stereocenters. The molecule has 1 atom stereocenters. The summed E-state index contributed by atoms with van der Waals surface area (Å²) in [5.41, 5.74) is 1.36. The van der Waals surface area contributed by atoms with Crippen LogP contribution >= 0.6 is 15.9 Å². The fourth-order valence-electron chi connectivity index (χ4n) is 1.52. The molecule has 1 fully saturated rings. The predicted octanol–water partition coefficient (Wildman–Crippen LogP) is 3.26. The molecular weight excluding hydrogens is 226 g/mol. The molecule has 0 amide bonds. The molecule has 2 heteroatoms. The number of nitrogens with one attached hydrogen (secondary N) is 1. The van der Waals surface area contributed by atoms with Crippen molar-refractivity contribution in [2.75, 3.05) is 0 Å². The predicted molar refractivity (Wildman–Crippen MR) is 58.7 cm³/mol. The van der Waals surface area contributed by atoms with Crippen LogP contribution in [0.3, 0.4) is 0 Å². The van der Waals surface area contributed by atoms with Gasteiger partial charge in [0.1, 0.15) is 0 Å². The standard InChI is InChI=1S/C11H14BrN/c1-8(13-9-6-7-9)10-4-2-3-5-11(10)12/h2-5,8-9,13H,6-7H2,1H3/t8-/m0/s1. The quantitative estimate of drug-likeness (QED) is 0.855. The van der Waals surface area contributed by atoms with Crippen molar-refractivity contribution >= 4 is 15.9 Å². The topological polar surface area (TPSA) is 12.0 Å². The molecule has 1 aromatic rings. The van der Waals surface area contributed by atoms with Gasteiger partial charge in [0.2, 0.25) is 0 Å². The highest BCUT2D eigenvalue weighted by atomic mass is 79.9. The molecule has 0 spiro atoms. The van der Waals surface area contributed by atoms with Gasteiger partial charge in [-0.05, 0) is 31.4 Å². The van der Waals surface area contributed by atoms with Gasteiger partial charge < -0.3 is 5.32 Å². The van der Waals surface area contributed by atoms with Crippen molar-refractivity contribution in [3.8, 4) is 0 Å². The van der Waals surface area contributed by atoms with E-state index in [9.17, 15) is 0 Å². The second-order valence-electron chi connectivity index (χ2n) is 3.68. The van der Waals surface area contributed by atoms with Crippen LogP contribution in [0.5, 0.6) is 0 Å². The summed E-state index contributed by atoms with van der Waals surface area (Å²) in [4.78, 5) is 0. The van der Waals surface area contributed by atoms with Gasteiger partial charge in [0.05, 0.1) is 0 Å². The Bertz CT molecular complexity index is 294. The average Bonchev–Trinajstić information content (AvgIpc) is 2.89. The minimum atomic E-state index is 0.461. The molecule has 0 aromatic heterocycles. The van der Waals surface area contributed by atoms with E-state index >= 15 is 0 Å². The minimum Gasteiger partial charge on any atom is -0.307 e. The maximum Gasteiger partial charge on any atom is 0.0305 e.